The third-order valence-corrected chi connectivity index (χ3v) is 6.49. The molecule has 0 radical (unpaired) electrons. The van der Waals surface area contributed by atoms with E-state index < -0.39 is 14.9 Å². The van der Waals surface area contributed by atoms with Crippen LogP contribution in [0.3, 0.4) is 0 Å². The summed E-state index contributed by atoms with van der Waals surface area (Å²) in [5, 5.41) is 14.1. The smallest absolute Gasteiger partial charge is 0.271 e. The van der Waals surface area contributed by atoms with Gasteiger partial charge in [0.05, 0.1) is 16.9 Å². The minimum Gasteiger partial charge on any atom is -0.353 e. The molecule has 1 saturated carbocycles. The normalized spacial score (nSPS) is 15.9. The molecule has 1 aromatic carbocycles. The summed E-state index contributed by atoms with van der Waals surface area (Å²) < 4.78 is 25.7. The van der Waals surface area contributed by atoms with Crippen molar-refractivity contribution in [2.75, 3.05) is 17.1 Å². The lowest BCUT2D eigenvalue weighted by Gasteiger charge is -2.24. The quantitative estimate of drug-likeness (QED) is 0.505. The van der Waals surface area contributed by atoms with E-state index in [2.05, 4.69) is 5.32 Å². The summed E-state index contributed by atoms with van der Waals surface area (Å²) in [6.45, 7) is 1.80. The predicted molar refractivity (Wildman–Crippen MR) is 114 cm³/mol. The Morgan fingerprint density at radius 2 is 1.83 bits per heavy atom. The van der Waals surface area contributed by atoms with Gasteiger partial charge >= 0.3 is 0 Å². The van der Waals surface area contributed by atoms with E-state index in [9.17, 15) is 23.3 Å². The summed E-state index contributed by atoms with van der Waals surface area (Å²) in [6, 6.07) is 4.35. The van der Waals surface area contributed by atoms with Crippen LogP contribution < -0.4 is 9.62 Å². The van der Waals surface area contributed by atoms with Crippen molar-refractivity contribution in [3.8, 4) is 0 Å². The maximum absolute atomic E-state index is 12.3. The van der Waals surface area contributed by atoms with Gasteiger partial charge < -0.3 is 5.32 Å². The standard InChI is InChI=1S/C20H31N3O5S/c1-16-12-13-18(23(25)26)15-19(16)22(29(2,27)28)14-8-11-20(24)21-17-9-6-4-3-5-7-10-17/h12-13,15,17H,3-11,14H2,1-2H3,(H,21,24). The molecule has 0 saturated heterocycles. The lowest BCUT2D eigenvalue weighted by molar-refractivity contribution is -0.384. The van der Waals surface area contributed by atoms with E-state index >= 15 is 0 Å². The van der Waals surface area contributed by atoms with E-state index in [4.69, 9.17) is 0 Å². The molecule has 29 heavy (non-hydrogen) atoms. The summed E-state index contributed by atoms with van der Waals surface area (Å²) in [5.74, 6) is -0.0696. The van der Waals surface area contributed by atoms with Crippen LogP contribution in [0.5, 0.6) is 0 Å². The highest BCUT2D eigenvalue weighted by molar-refractivity contribution is 7.92. The Morgan fingerprint density at radius 3 is 2.41 bits per heavy atom. The maximum atomic E-state index is 12.3. The number of amides is 1. The third kappa shape index (κ3) is 7.30. The number of carbonyl (C=O) groups is 1. The van der Waals surface area contributed by atoms with Crippen LogP contribution in [-0.4, -0.2) is 38.1 Å². The molecule has 0 atom stereocenters. The van der Waals surface area contributed by atoms with E-state index in [1.165, 1.54) is 37.5 Å². The second kappa shape index (κ2) is 10.6. The van der Waals surface area contributed by atoms with Gasteiger partial charge in [-0.15, -0.1) is 0 Å². The topological polar surface area (TPSA) is 110 Å². The number of aryl methyl sites for hydroxylation is 1. The molecule has 162 valence electrons. The van der Waals surface area contributed by atoms with Gasteiger partial charge in [-0.1, -0.05) is 38.2 Å². The zero-order valence-electron chi connectivity index (χ0n) is 17.2. The van der Waals surface area contributed by atoms with Gasteiger partial charge in [-0.3, -0.25) is 19.2 Å². The fourth-order valence-electron chi connectivity index (χ4n) is 3.73. The van der Waals surface area contributed by atoms with Gasteiger partial charge in [-0.05, 0) is 31.7 Å². The zero-order valence-corrected chi connectivity index (χ0v) is 18.0. The number of non-ortho nitro benzene ring substituents is 1. The van der Waals surface area contributed by atoms with Gasteiger partial charge in [0.2, 0.25) is 15.9 Å². The maximum Gasteiger partial charge on any atom is 0.271 e. The highest BCUT2D eigenvalue weighted by Crippen LogP contribution is 2.27. The molecule has 0 aliphatic heterocycles. The molecular formula is C20H31N3O5S. The Balaban J connectivity index is 1.99. The van der Waals surface area contributed by atoms with Crippen molar-refractivity contribution < 1.29 is 18.1 Å². The Bertz CT molecular complexity index is 817. The van der Waals surface area contributed by atoms with Crippen molar-refractivity contribution in [1.29, 1.82) is 0 Å². The second-order valence-electron chi connectivity index (χ2n) is 7.78. The van der Waals surface area contributed by atoms with Crippen LogP contribution in [-0.2, 0) is 14.8 Å². The SMILES string of the molecule is Cc1ccc([N+](=O)[O-])cc1N(CCCC(=O)NC1CCCCCCC1)S(C)(=O)=O. The minimum atomic E-state index is -3.64. The first-order valence-electron chi connectivity index (χ1n) is 10.2. The average Bonchev–Trinajstić information content (AvgIpc) is 2.60. The first kappa shape index (κ1) is 23.1. The Hall–Kier alpha value is -2.16. The molecule has 0 bridgehead atoms. The van der Waals surface area contributed by atoms with Crippen LogP contribution in [0.25, 0.3) is 0 Å². The van der Waals surface area contributed by atoms with Crippen molar-refractivity contribution >= 4 is 27.3 Å². The van der Waals surface area contributed by atoms with Gasteiger partial charge in [-0.25, -0.2) is 8.42 Å². The van der Waals surface area contributed by atoms with Crippen molar-refractivity contribution in [2.24, 2.45) is 0 Å². The number of hydrogen-bond donors (Lipinski definition) is 1. The molecule has 1 fully saturated rings. The molecule has 1 aromatic rings. The fourth-order valence-corrected chi connectivity index (χ4v) is 4.74. The van der Waals surface area contributed by atoms with Gasteiger partial charge in [0, 0.05) is 31.1 Å². The lowest BCUT2D eigenvalue weighted by atomic mass is 9.96. The Morgan fingerprint density at radius 1 is 1.21 bits per heavy atom. The molecule has 0 unspecified atom stereocenters. The third-order valence-electron chi connectivity index (χ3n) is 5.31. The number of hydrogen-bond acceptors (Lipinski definition) is 5. The predicted octanol–water partition coefficient (Wildman–Crippen LogP) is 3.68. The fraction of sp³-hybridized carbons (Fsp3) is 0.650. The summed E-state index contributed by atoms with van der Waals surface area (Å²) in [5.41, 5.74) is 0.739. The van der Waals surface area contributed by atoms with Crippen molar-refractivity contribution in [3.05, 3.63) is 33.9 Å². The zero-order chi connectivity index (χ0) is 21.4. The lowest BCUT2D eigenvalue weighted by Crippen LogP contribution is -2.36. The molecular weight excluding hydrogens is 394 g/mol. The summed E-state index contributed by atoms with van der Waals surface area (Å²) in [7, 11) is -3.64. The summed E-state index contributed by atoms with van der Waals surface area (Å²) in [6.07, 6.45) is 9.54. The van der Waals surface area contributed by atoms with E-state index in [0.29, 0.717) is 12.0 Å². The molecule has 2 rings (SSSR count). The molecule has 8 nitrogen and oxygen atoms in total. The number of sulfonamides is 1. The highest BCUT2D eigenvalue weighted by atomic mass is 32.2. The van der Waals surface area contributed by atoms with Crippen LogP contribution in [0.4, 0.5) is 11.4 Å². The van der Waals surface area contributed by atoms with Crippen molar-refractivity contribution in [1.82, 2.24) is 5.32 Å². The van der Waals surface area contributed by atoms with E-state index in [-0.39, 0.29) is 36.3 Å². The number of nitro groups is 1. The Kier molecular flexibility index (Phi) is 8.43. The number of nitrogens with one attached hydrogen (secondary N) is 1. The highest BCUT2D eigenvalue weighted by Gasteiger charge is 2.22. The van der Waals surface area contributed by atoms with Gasteiger partial charge in [-0.2, -0.15) is 0 Å². The van der Waals surface area contributed by atoms with E-state index in [1.54, 1.807) is 6.92 Å². The van der Waals surface area contributed by atoms with Gasteiger partial charge in [0.1, 0.15) is 0 Å². The van der Waals surface area contributed by atoms with Crippen LogP contribution in [0.1, 0.15) is 63.4 Å². The molecule has 1 aliphatic rings. The van der Waals surface area contributed by atoms with E-state index in [1.807, 2.05) is 0 Å². The number of nitrogens with zero attached hydrogens (tertiary/aromatic N) is 2. The first-order chi connectivity index (χ1) is 13.7. The van der Waals surface area contributed by atoms with Crippen LogP contribution in [0.2, 0.25) is 0 Å². The van der Waals surface area contributed by atoms with E-state index in [0.717, 1.165) is 36.2 Å². The largest absolute Gasteiger partial charge is 0.353 e. The summed E-state index contributed by atoms with van der Waals surface area (Å²) in [4.78, 5) is 22.8. The van der Waals surface area contributed by atoms with Crippen molar-refractivity contribution in [2.45, 2.75) is 70.8 Å². The van der Waals surface area contributed by atoms with Gasteiger partial charge in [0.25, 0.3) is 5.69 Å². The monoisotopic (exact) mass is 425 g/mol. The number of nitro benzene ring substituents is 1. The van der Waals surface area contributed by atoms with Crippen LogP contribution in [0.15, 0.2) is 18.2 Å². The summed E-state index contributed by atoms with van der Waals surface area (Å²) >= 11 is 0. The minimum absolute atomic E-state index is 0.0696. The molecule has 1 N–H and O–H groups in total. The molecule has 1 amide bonds. The molecule has 9 heteroatoms. The number of anilines is 1. The van der Waals surface area contributed by atoms with Gasteiger partial charge in [0.15, 0.2) is 0 Å². The molecule has 0 aromatic heterocycles. The number of carbonyl (C=O) groups excluding carboxylic acids is 1. The molecule has 1 aliphatic carbocycles. The molecule has 0 spiro atoms. The van der Waals surface area contributed by atoms with Crippen LogP contribution in [0, 0.1) is 17.0 Å². The number of benzene rings is 1. The molecule has 0 heterocycles. The average molecular weight is 426 g/mol. The Labute approximate surface area is 172 Å². The number of rotatable bonds is 8. The second-order valence-corrected chi connectivity index (χ2v) is 9.68. The van der Waals surface area contributed by atoms with Crippen molar-refractivity contribution in [3.63, 3.8) is 0 Å². The van der Waals surface area contributed by atoms with Crippen LogP contribution >= 0.6 is 0 Å². The first-order valence-corrected chi connectivity index (χ1v) is 12.1.